The molecule has 2 heterocycles. The number of fused-ring (bicyclic) bond motifs is 1. The molecule has 2 aromatic carbocycles. The van der Waals surface area contributed by atoms with E-state index in [4.69, 9.17) is 16.6 Å². The highest BCUT2D eigenvalue weighted by atomic mass is 35.5. The van der Waals surface area contributed by atoms with Gasteiger partial charge in [-0.25, -0.2) is 9.37 Å². The summed E-state index contributed by atoms with van der Waals surface area (Å²) < 4.78 is 15.2. The second-order valence-corrected chi connectivity index (χ2v) is 7.53. The van der Waals surface area contributed by atoms with Gasteiger partial charge >= 0.3 is 0 Å². The van der Waals surface area contributed by atoms with Gasteiger partial charge in [0, 0.05) is 22.4 Å². The number of nitrogens with zero attached hydrogens (tertiary/aromatic N) is 2. The zero-order valence-electron chi connectivity index (χ0n) is 14.6. The van der Waals surface area contributed by atoms with Gasteiger partial charge in [0.05, 0.1) is 11.9 Å². The minimum Gasteiger partial charge on any atom is -0.292 e. The van der Waals surface area contributed by atoms with E-state index in [0.29, 0.717) is 29.2 Å². The summed E-state index contributed by atoms with van der Waals surface area (Å²) in [5.74, 6) is 0.381. The van der Waals surface area contributed by atoms with E-state index in [0.717, 1.165) is 21.5 Å². The molecule has 4 aromatic rings. The van der Waals surface area contributed by atoms with Crippen LogP contribution in [0.5, 0.6) is 0 Å². The molecule has 0 fully saturated rings. The summed E-state index contributed by atoms with van der Waals surface area (Å²) in [6.45, 7) is 2.25. The number of halogens is 2. The van der Waals surface area contributed by atoms with E-state index in [1.165, 1.54) is 23.5 Å². The van der Waals surface area contributed by atoms with E-state index in [-0.39, 0.29) is 11.4 Å². The van der Waals surface area contributed by atoms with Crippen LogP contribution in [-0.2, 0) is 13.0 Å². The highest BCUT2D eigenvalue weighted by molar-refractivity contribution is 7.17. The van der Waals surface area contributed by atoms with Crippen LogP contribution in [0.1, 0.15) is 18.3 Å². The van der Waals surface area contributed by atoms with Crippen LogP contribution in [0.2, 0.25) is 5.02 Å². The van der Waals surface area contributed by atoms with Crippen LogP contribution in [0.25, 0.3) is 21.3 Å². The number of benzene rings is 2. The topological polar surface area (TPSA) is 34.9 Å². The molecule has 3 nitrogen and oxygen atoms in total. The van der Waals surface area contributed by atoms with Crippen LogP contribution in [-0.4, -0.2) is 9.55 Å². The van der Waals surface area contributed by atoms with Crippen molar-refractivity contribution in [3.63, 3.8) is 0 Å². The standard InChI is InChI=1S/C21H16ClFN2OS/c1-2-18-24-20-19(17(12-27-20)14-6-8-15(22)9-7-14)21(26)25(18)11-13-4-3-5-16(23)10-13/h3-10,12H,2,11H2,1H3. The van der Waals surface area contributed by atoms with Crippen molar-refractivity contribution in [2.24, 2.45) is 0 Å². The molecule has 27 heavy (non-hydrogen) atoms. The van der Waals surface area contributed by atoms with Gasteiger partial charge in [0.1, 0.15) is 16.5 Å². The molecule has 0 aliphatic carbocycles. The van der Waals surface area contributed by atoms with E-state index in [1.807, 2.05) is 30.5 Å². The van der Waals surface area contributed by atoms with Gasteiger partial charge in [-0.1, -0.05) is 42.8 Å². The average Bonchev–Trinajstić information content (AvgIpc) is 3.08. The SMILES string of the molecule is CCc1nc2scc(-c3ccc(Cl)cc3)c2c(=O)n1Cc1cccc(F)c1. The maximum atomic E-state index is 13.6. The highest BCUT2D eigenvalue weighted by Gasteiger charge is 2.16. The maximum absolute atomic E-state index is 13.6. The molecule has 136 valence electrons. The molecule has 0 bridgehead atoms. The number of rotatable bonds is 4. The summed E-state index contributed by atoms with van der Waals surface area (Å²) in [7, 11) is 0. The maximum Gasteiger partial charge on any atom is 0.263 e. The van der Waals surface area contributed by atoms with Crippen molar-refractivity contribution < 1.29 is 4.39 Å². The minimum absolute atomic E-state index is 0.104. The van der Waals surface area contributed by atoms with E-state index in [2.05, 4.69) is 0 Å². The summed E-state index contributed by atoms with van der Waals surface area (Å²) >= 11 is 7.44. The number of aromatic nitrogens is 2. The molecule has 0 atom stereocenters. The molecule has 0 amide bonds. The van der Waals surface area contributed by atoms with Gasteiger partial charge in [0.15, 0.2) is 0 Å². The number of aryl methyl sites for hydroxylation is 1. The van der Waals surface area contributed by atoms with E-state index >= 15 is 0 Å². The van der Waals surface area contributed by atoms with Crippen molar-refractivity contribution in [1.29, 1.82) is 0 Å². The Kier molecular flexibility index (Phi) is 4.81. The van der Waals surface area contributed by atoms with Crippen LogP contribution < -0.4 is 5.56 Å². The molecule has 0 saturated carbocycles. The Balaban J connectivity index is 1.90. The first-order chi connectivity index (χ1) is 13.1. The van der Waals surface area contributed by atoms with Crippen molar-refractivity contribution in [2.45, 2.75) is 19.9 Å². The molecule has 4 rings (SSSR count). The second-order valence-electron chi connectivity index (χ2n) is 6.24. The molecule has 6 heteroatoms. The van der Waals surface area contributed by atoms with E-state index in [1.54, 1.807) is 22.8 Å². The number of hydrogen-bond donors (Lipinski definition) is 0. The zero-order valence-corrected chi connectivity index (χ0v) is 16.1. The largest absolute Gasteiger partial charge is 0.292 e. The van der Waals surface area contributed by atoms with Crippen LogP contribution in [0.4, 0.5) is 4.39 Å². The van der Waals surface area contributed by atoms with Crippen molar-refractivity contribution >= 4 is 33.2 Å². The lowest BCUT2D eigenvalue weighted by atomic mass is 10.1. The molecule has 0 N–H and O–H groups in total. The Bertz CT molecular complexity index is 1180. The summed E-state index contributed by atoms with van der Waals surface area (Å²) in [5, 5.41) is 3.19. The lowest BCUT2D eigenvalue weighted by Gasteiger charge is -2.12. The van der Waals surface area contributed by atoms with Crippen LogP contribution >= 0.6 is 22.9 Å². The molecule has 0 unspecified atom stereocenters. The minimum atomic E-state index is -0.315. The first-order valence-electron chi connectivity index (χ1n) is 8.58. The number of thiophene rings is 1. The summed E-state index contributed by atoms with van der Waals surface area (Å²) in [6.07, 6.45) is 0.620. The summed E-state index contributed by atoms with van der Waals surface area (Å²) in [5.41, 5.74) is 2.40. The molecule has 0 radical (unpaired) electrons. The quantitative estimate of drug-likeness (QED) is 0.453. The van der Waals surface area contributed by atoms with Gasteiger partial charge in [-0.3, -0.25) is 9.36 Å². The van der Waals surface area contributed by atoms with Crippen LogP contribution in [0.15, 0.2) is 58.7 Å². The molecule has 2 aromatic heterocycles. The molecule has 0 spiro atoms. The Morgan fingerprint density at radius 2 is 1.96 bits per heavy atom. The summed E-state index contributed by atoms with van der Waals surface area (Å²) in [6, 6.07) is 13.7. The third-order valence-electron chi connectivity index (χ3n) is 4.47. The predicted octanol–water partition coefficient (Wildman–Crippen LogP) is 5.53. The molecule has 0 saturated heterocycles. The normalized spacial score (nSPS) is 11.2. The van der Waals surface area contributed by atoms with Gasteiger partial charge in [-0.15, -0.1) is 11.3 Å². The molecule has 0 aliphatic rings. The van der Waals surface area contributed by atoms with Crippen LogP contribution in [0.3, 0.4) is 0 Å². The Morgan fingerprint density at radius 3 is 2.67 bits per heavy atom. The zero-order chi connectivity index (χ0) is 19.0. The van der Waals surface area contributed by atoms with Crippen molar-refractivity contribution in [2.75, 3.05) is 0 Å². The lowest BCUT2D eigenvalue weighted by Crippen LogP contribution is -2.25. The van der Waals surface area contributed by atoms with Gasteiger partial charge in [0.2, 0.25) is 0 Å². The van der Waals surface area contributed by atoms with Gasteiger partial charge in [0.25, 0.3) is 5.56 Å². The summed E-state index contributed by atoms with van der Waals surface area (Å²) in [4.78, 5) is 18.7. The second kappa shape index (κ2) is 7.25. The Labute approximate surface area is 164 Å². The number of hydrogen-bond acceptors (Lipinski definition) is 3. The van der Waals surface area contributed by atoms with E-state index in [9.17, 15) is 9.18 Å². The van der Waals surface area contributed by atoms with Crippen LogP contribution in [0, 0.1) is 5.82 Å². The van der Waals surface area contributed by atoms with Gasteiger partial charge < -0.3 is 0 Å². The predicted molar refractivity (Wildman–Crippen MR) is 109 cm³/mol. The van der Waals surface area contributed by atoms with Gasteiger partial charge in [-0.2, -0.15) is 0 Å². The van der Waals surface area contributed by atoms with E-state index < -0.39 is 0 Å². The highest BCUT2D eigenvalue weighted by Crippen LogP contribution is 2.31. The fourth-order valence-corrected chi connectivity index (χ4v) is 4.24. The first-order valence-corrected chi connectivity index (χ1v) is 9.84. The van der Waals surface area contributed by atoms with Crippen molar-refractivity contribution in [3.05, 3.63) is 86.5 Å². The third kappa shape index (κ3) is 3.40. The monoisotopic (exact) mass is 398 g/mol. The molecular weight excluding hydrogens is 383 g/mol. The third-order valence-corrected chi connectivity index (χ3v) is 5.60. The fourth-order valence-electron chi connectivity index (χ4n) is 3.16. The fraction of sp³-hybridized carbons (Fsp3) is 0.143. The van der Waals surface area contributed by atoms with Crippen molar-refractivity contribution in [3.8, 4) is 11.1 Å². The smallest absolute Gasteiger partial charge is 0.263 e. The molecule has 0 aliphatic heterocycles. The Hall–Kier alpha value is -2.50. The van der Waals surface area contributed by atoms with Crippen molar-refractivity contribution in [1.82, 2.24) is 9.55 Å². The Morgan fingerprint density at radius 1 is 1.19 bits per heavy atom. The van der Waals surface area contributed by atoms with Gasteiger partial charge in [-0.05, 0) is 35.4 Å². The molecular formula is C21H16ClFN2OS. The average molecular weight is 399 g/mol. The lowest BCUT2D eigenvalue weighted by molar-refractivity contribution is 0.620. The first kappa shape index (κ1) is 17.9.